The molecule has 1 aliphatic rings. The molecule has 2 rings (SSSR count). The van der Waals surface area contributed by atoms with E-state index in [4.69, 9.17) is 4.74 Å². The molecule has 0 saturated heterocycles. The lowest BCUT2D eigenvalue weighted by Crippen LogP contribution is -2.62. The van der Waals surface area contributed by atoms with Gasteiger partial charge in [0.2, 0.25) is 0 Å². The molecule has 0 heterocycles. The second-order valence-electron chi connectivity index (χ2n) is 7.05. The van der Waals surface area contributed by atoms with Crippen molar-refractivity contribution in [2.45, 2.75) is 51.7 Å². The topological polar surface area (TPSA) is 66.8 Å². The molecule has 0 aromatic heterocycles. The number of hydrogen-bond acceptors (Lipinski definition) is 4. The fourth-order valence-electron chi connectivity index (χ4n) is 3.62. The first-order chi connectivity index (χ1) is 11.2. The van der Waals surface area contributed by atoms with Crippen LogP contribution in [-0.2, 0) is 10.3 Å². The van der Waals surface area contributed by atoms with Gasteiger partial charge in [-0.15, -0.1) is 0 Å². The third-order valence-electron chi connectivity index (χ3n) is 5.12. The predicted molar refractivity (Wildman–Crippen MR) is 93.6 cm³/mol. The fraction of sp³-hybridized carbons (Fsp3) is 0.550. The first-order valence-electron chi connectivity index (χ1n) is 8.60. The highest BCUT2D eigenvalue weighted by atomic mass is 16.5. The first-order valence-corrected chi connectivity index (χ1v) is 8.60. The van der Waals surface area contributed by atoms with Crippen LogP contribution in [0.4, 0.5) is 0 Å². The molecule has 132 valence electrons. The molecule has 24 heavy (non-hydrogen) atoms. The highest BCUT2D eigenvalue weighted by Gasteiger charge is 2.62. The Hall–Kier alpha value is -1.65. The lowest BCUT2D eigenvalue weighted by molar-refractivity contribution is -0.184. The number of rotatable bonds is 6. The largest absolute Gasteiger partial charge is 0.496 e. The van der Waals surface area contributed by atoms with E-state index in [1.54, 1.807) is 38.1 Å². The molecule has 0 saturated carbocycles. The van der Waals surface area contributed by atoms with Crippen molar-refractivity contribution in [1.82, 2.24) is 0 Å². The summed E-state index contributed by atoms with van der Waals surface area (Å²) in [7, 11) is 0. The highest BCUT2D eigenvalue weighted by molar-refractivity contribution is 6.02. The number of Topliss-reactive ketones (excluding diaryl/α,β-unsaturated/α-hetero) is 1. The number of ether oxygens (including phenoxy) is 1. The summed E-state index contributed by atoms with van der Waals surface area (Å²) in [6.07, 6.45) is 1.02. The standard InChI is InChI=1S/C20H28O4/c1-6-24-15(5)20(23)14(4)18(21)16-9-7-8-10-17(16)19(20,22)12-11-13(2)3/h7-10,13-14,22-23H,5-6,11-12H2,1-4H3/t14-,19+,20-/m0/s1. The molecule has 1 aliphatic carbocycles. The van der Waals surface area contributed by atoms with Gasteiger partial charge in [0.25, 0.3) is 0 Å². The quantitative estimate of drug-likeness (QED) is 0.783. The number of carbonyl (C=O) groups is 1. The molecule has 0 radical (unpaired) electrons. The molecular formula is C20H28O4. The second kappa shape index (κ2) is 6.69. The van der Waals surface area contributed by atoms with Crippen molar-refractivity contribution in [3.63, 3.8) is 0 Å². The Kier molecular flexibility index (Phi) is 5.21. The van der Waals surface area contributed by atoms with E-state index >= 15 is 0 Å². The minimum Gasteiger partial charge on any atom is -0.496 e. The average molecular weight is 332 g/mol. The molecule has 0 fully saturated rings. The molecule has 1 aromatic carbocycles. The summed E-state index contributed by atoms with van der Waals surface area (Å²) in [4.78, 5) is 12.8. The number of aliphatic hydroxyl groups is 2. The van der Waals surface area contributed by atoms with Crippen molar-refractivity contribution in [3.05, 3.63) is 47.7 Å². The normalized spacial score (nSPS) is 29.5. The smallest absolute Gasteiger partial charge is 0.169 e. The number of hydrogen-bond donors (Lipinski definition) is 2. The van der Waals surface area contributed by atoms with Crippen molar-refractivity contribution >= 4 is 5.78 Å². The third kappa shape index (κ3) is 2.68. The first kappa shape index (κ1) is 18.7. The van der Waals surface area contributed by atoms with Crippen LogP contribution in [0.2, 0.25) is 0 Å². The summed E-state index contributed by atoms with van der Waals surface area (Å²) in [5, 5.41) is 23.1. The predicted octanol–water partition coefficient (Wildman–Crippen LogP) is 3.42. The molecular weight excluding hydrogens is 304 g/mol. The maximum Gasteiger partial charge on any atom is 0.169 e. The zero-order valence-electron chi connectivity index (χ0n) is 15.0. The van der Waals surface area contributed by atoms with Gasteiger partial charge in [-0.2, -0.15) is 0 Å². The second-order valence-corrected chi connectivity index (χ2v) is 7.05. The van der Waals surface area contributed by atoms with E-state index in [1.807, 2.05) is 0 Å². The summed E-state index contributed by atoms with van der Waals surface area (Å²) in [5.74, 6) is -0.655. The van der Waals surface area contributed by atoms with Crippen LogP contribution in [0.5, 0.6) is 0 Å². The van der Waals surface area contributed by atoms with Gasteiger partial charge in [0.05, 0.1) is 12.5 Å². The minimum absolute atomic E-state index is 0.0478. The summed E-state index contributed by atoms with van der Waals surface area (Å²) >= 11 is 0. The number of fused-ring (bicyclic) bond motifs is 1. The highest BCUT2D eigenvalue weighted by Crippen LogP contribution is 2.51. The molecule has 1 aromatic rings. The fourth-order valence-corrected chi connectivity index (χ4v) is 3.62. The zero-order chi connectivity index (χ0) is 18.1. The third-order valence-corrected chi connectivity index (χ3v) is 5.12. The monoisotopic (exact) mass is 332 g/mol. The SMILES string of the molecule is C=C(OCC)[C@@]1(O)[C@@H](C)C(=O)c2ccccc2[C@]1(O)CCC(C)C. The Balaban J connectivity index is 2.67. The molecule has 4 heteroatoms. The summed E-state index contributed by atoms with van der Waals surface area (Å²) < 4.78 is 5.46. The number of benzene rings is 1. The Morgan fingerprint density at radius 2 is 1.96 bits per heavy atom. The lowest BCUT2D eigenvalue weighted by Gasteiger charge is -2.51. The average Bonchev–Trinajstić information content (AvgIpc) is 2.56. The van der Waals surface area contributed by atoms with Gasteiger partial charge in [0.1, 0.15) is 11.4 Å². The van der Waals surface area contributed by atoms with Crippen LogP contribution in [0.1, 0.15) is 56.5 Å². The summed E-state index contributed by atoms with van der Waals surface area (Å²) in [5.41, 5.74) is -2.56. The van der Waals surface area contributed by atoms with Crippen LogP contribution < -0.4 is 0 Å². The van der Waals surface area contributed by atoms with Gasteiger partial charge in [0, 0.05) is 5.56 Å². The Morgan fingerprint density at radius 3 is 2.54 bits per heavy atom. The maximum absolute atomic E-state index is 12.8. The van der Waals surface area contributed by atoms with Gasteiger partial charge in [0.15, 0.2) is 11.4 Å². The Morgan fingerprint density at radius 1 is 1.33 bits per heavy atom. The van der Waals surface area contributed by atoms with Crippen LogP contribution in [0.3, 0.4) is 0 Å². The van der Waals surface area contributed by atoms with Crippen LogP contribution in [0, 0.1) is 11.8 Å². The molecule has 0 bridgehead atoms. The Bertz CT molecular complexity index is 636. The van der Waals surface area contributed by atoms with E-state index < -0.39 is 17.1 Å². The van der Waals surface area contributed by atoms with Gasteiger partial charge in [-0.1, -0.05) is 51.6 Å². The van der Waals surface area contributed by atoms with Crippen molar-refractivity contribution in [3.8, 4) is 0 Å². The van der Waals surface area contributed by atoms with Crippen molar-refractivity contribution in [2.24, 2.45) is 11.8 Å². The lowest BCUT2D eigenvalue weighted by atomic mass is 9.60. The van der Waals surface area contributed by atoms with Gasteiger partial charge in [-0.25, -0.2) is 0 Å². The molecule has 0 aliphatic heterocycles. The maximum atomic E-state index is 12.8. The molecule has 2 N–H and O–H groups in total. The van der Waals surface area contributed by atoms with E-state index in [2.05, 4.69) is 20.4 Å². The van der Waals surface area contributed by atoms with Crippen molar-refractivity contribution in [2.75, 3.05) is 6.61 Å². The number of carbonyl (C=O) groups excluding carboxylic acids is 1. The van der Waals surface area contributed by atoms with E-state index in [0.29, 0.717) is 36.5 Å². The van der Waals surface area contributed by atoms with E-state index in [-0.39, 0.29) is 11.5 Å². The molecule has 0 amide bonds. The van der Waals surface area contributed by atoms with Crippen molar-refractivity contribution in [1.29, 1.82) is 0 Å². The minimum atomic E-state index is -1.86. The van der Waals surface area contributed by atoms with Crippen LogP contribution in [0.25, 0.3) is 0 Å². The Labute approximate surface area is 144 Å². The van der Waals surface area contributed by atoms with Gasteiger partial charge >= 0.3 is 0 Å². The summed E-state index contributed by atoms with van der Waals surface area (Å²) in [6, 6.07) is 6.96. The van der Waals surface area contributed by atoms with Gasteiger partial charge in [-0.05, 0) is 31.2 Å². The summed E-state index contributed by atoms with van der Waals surface area (Å²) in [6.45, 7) is 11.7. The van der Waals surface area contributed by atoms with Crippen LogP contribution in [0.15, 0.2) is 36.6 Å². The number of ketones is 1. The van der Waals surface area contributed by atoms with E-state index in [0.717, 1.165) is 0 Å². The van der Waals surface area contributed by atoms with E-state index in [9.17, 15) is 15.0 Å². The van der Waals surface area contributed by atoms with Gasteiger partial charge < -0.3 is 14.9 Å². The van der Waals surface area contributed by atoms with Crippen molar-refractivity contribution < 1.29 is 19.7 Å². The zero-order valence-corrected chi connectivity index (χ0v) is 15.0. The molecule has 3 atom stereocenters. The van der Waals surface area contributed by atoms with Gasteiger partial charge in [-0.3, -0.25) is 4.79 Å². The molecule has 4 nitrogen and oxygen atoms in total. The van der Waals surface area contributed by atoms with Crippen LogP contribution >= 0.6 is 0 Å². The van der Waals surface area contributed by atoms with Crippen LogP contribution in [-0.4, -0.2) is 28.2 Å². The molecule has 0 unspecified atom stereocenters. The van der Waals surface area contributed by atoms with E-state index in [1.165, 1.54) is 0 Å². The molecule has 0 spiro atoms.